The van der Waals surface area contributed by atoms with Crippen LogP contribution in [0, 0.1) is 23.3 Å². The van der Waals surface area contributed by atoms with E-state index in [0.717, 1.165) is 0 Å². The maximum atomic E-state index is 13.9. The van der Waals surface area contributed by atoms with Crippen molar-refractivity contribution < 1.29 is 22.7 Å². The number of phenolic OH excluding ortho intramolecular Hbond substituents is 1. The standard InChI is InChI=1S/C16H11F4NO/c1-8(2)12-15(19)13(17)9(14(18)16(12)20)7-21-10-5-3-4-6-11(10)22/h3-7,22H,1H2,2H3. The monoisotopic (exact) mass is 309 g/mol. The highest BCUT2D eigenvalue weighted by molar-refractivity contribution is 5.84. The Hall–Kier alpha value is -2.63. The lowest BCUT2D eigenvalue weighted by atomic mass is 10.0. The maximum absolute atomic E-state index is 13.9. The molecule has 0 saturated carbocycles. The fraction of sp³-hybridized carbons (Fsp3) is 0.0625. The van der Waals surface area contributed by atoms with E-state index in [1.807, 2.05) is 0 Å². The van der Waals surface area contributed by atoms with Crippen molar-refractivity contribution in [2.24, 2.45) is 4.99 Å². The summed E-state index contributed by atoms with van der Waals surface area (Å²) in [6.07, 6.45) is 0.619. The molecule has 2 aromatic carbocycles. The zero-order valence-electron chi connectivity index (χ0n) is 11.5. The molecule has 0 heterocycles. The van der Waals surface area contributed by atoms with Crippen LogP contribution in [0.15, 0.2) is 35.8 Å². The van der Waals surface area contributed by atoms with Crippen LogP contribution in [-0.4, -0.2) is 11.3 Å². The van der Waals surface area contributed by atoms with Crippen LogP contribution in [0.4, 0.5) is 23.2 Å². The Morgan fingerprint density at radius 3 is 2.09 bits per heavy atom. The summed E-state index contributed by atoms with van der Waals surface area (Å²) in [7, 11) is 0. The van der Waals surface area contributed by atoms with E-state index < -0.39 is 34.4 Å². The average Bonchev–Trinajstić information content (AvgIpc) is 2.47. The zero-order valence-corrected chi connectivity index (χ0v) is 11.5. The Morgan fingerprint density at radius 1 is 1.05 bits per heavy atom. The molecule has 1 N–H and O–H groups in total. The summed E-state index contributed by atoms with van der Waals surface area (Å²) in [5.74, 6) is -6.46. The van der Waals surface area contributed by atoms with E-state index in [9.17, 15) is 22.7 Å². The largest absolute Gasteiger partial charge is 0.506 e. The first-order valence-electron chi connectivity index (χ1n) is 6.18. The molecular formula is C16H11F4NO. The fourth-order valence-corrected chi connectivity index (χ4v) is 1.84. The number of nitrogens with zero attached hydrogens (tertiary/aromatic N) is 1. The summed E-state index contributed by atoms with van der Waals surface area (Å²) in [5.41, 5.74) is -1.94. The Labute approximate surface area is 124 Å². The van der Waals surface area contributed by atoms with Crippen LogP contribution in [0.1, 0.15) is 18.1 Å². The molecule has 0 atom stereocenters. The molecular weight excluding hydrogens is 298 g/mol. The summed E-state index contributed by atoms with van der Waals surface area (Å²) in [4.78, 5) is 3.64. The third kappa shape index (κ3) is 2.72. The number of benzene rings is 2. The number of hydrogen-bond acceptors (Lipinski definition) is 2. The van der Waals surface area contributed by atoms with E-state index in [2.05, 4.69) is 11.6 Å². The average molecular weight is 309 g/mol. The molecule has 0 saturated heterocycles. The number of aliphatic imine (C=N–C) groups is 1. The normalized spacial score (nSPS) is 11.1. The fourth-order valence-electron chi connectivity index (χ4n) is 1.84. The van der Waals surface area contributed by atoms with Gasteiger partial charge < -0.3 is 5.11 Å². The number of hydrogen-bond donors (Lipinski definition) is 1. The van der Waals surface area contributed by atoms with Gasteiger partial charge in [0.1, 0.15) is 11.4 Å². The molecule has 114 valence electrons. The summed E-state index contributed by atoms with van der Waals surface area (Å²) in [6, 6.07) is 5.74. The molecule has 22 heavy (non-hydrogen) atoms. The molecule has 0 fully saturated rings. The SMILES string of the molecule is C=C(C)c1c(F)c(F)c(C=Nc2ccccc2O)c(F)c1F. The van der Waals surface area contributed by atoms with Crippen molar-refractivity contribution >= 4 is 17.5 Å². The summed E-state index contributed by atoms with van der Waals surface area (Å²) >= 11 is 0. The van der Waals surface area contributed by atoms with E-state index in [1.165, 1.54) is 31.2 Å². The maximum Gasteiger partial charge on any atom is 0.171 e. The molecule has 2 rings (SSSR count). The van der Waals surface area contributed by atoms with E-state index in [4.69, 9.17) is 0 Å². The smallest absolute Gasteiger partial charge is 0.171 e. The highest BCUT2D eigenvalue weighted by atomic mass is 19.2. The zero-order chi connectivity index (χ0) is 16.4. The van der Waals surface area contributed by atoms with Crippen molar-refractivity contribution in [1.29, 1.82) is 0 Å². The Kier molecular flexibility index (Phi) is 4.30. The molecule has 0 aliphatic rings. The first kappa shape index (κ1) is 15.8. The number of para-hydroxylation sites is 2. The molecule has 0 aliphatic carbocycles. The van der Waals surface area contributed by atoms with Crippen LogP contribution < -0.4 is 0 Å². The Balaban J connectivity index is 2.58. The molecule has 0 amide bonds. The lowest BCUT2D eigenvalue weighted by Crippen LogP contribution is -2.07. The van der Waals surface area contributed by atoms with Gasteiger partial charge in [0.05, 0.1) is 11.1 Å². The van der Waals surface area contributed by atoms with E-state index in [0.29, 0.717) is 6.21 Å². The van der Waals surface area contributed by atoms with Gasteiger partial charge in [-0.25, -0.2) is 17.6 Å². The molecule has 0 radical (unpaired) electrons. The minimum atomic E-state index is -1.57. The van der Waals surface area contributed by atoms with Crippen LogP contribution in [0.25, 0.3) is 5.57 Å². The summed E-state index contributed by atoms with van der Waals surface area (Å²) in [5, 5.41) is 9.49. The van der Waals surface area contributed by atoms with Crippen molar-refractivity contribution in [3.63, 3.8) is 0 Å². The van der Waals surface area contributed by atoms with Crippen LogP contribution >= 0.6 is 0 Å². The molecule has 0 aliphatic heterocycles. The van der Waals surface area contributed by atoms with Crippen molar-refractivity contribution in [3.8, 4) is 5.75 Å². The van der Waals surface area contributed by atoms with Crippen LogP contribution in [-0.2, 0) is 0 Å². The van der Waals surface area contributed by atoms with Gasteiger partial charge in [0.2, 0.25) is 0 Å². The first-order valence-corrected chi connectivity index (χ1v) is 6.18. The number of aromatic hydroxyl groups is 1. The van der Waals surface area contributed by atoms with E-state index in [-0.39, 0.29) is 17.0 Å². The Bertz CT molecular complexity index is 755. The quantitative estimate of drug-likeness (QED) is 0.496. The van der Waals surface area contributed by atoms with Crippen molar-refractivity contribution in [2.75, 3.05) is 0 Å². The number of phenols is 1. The lowest BCUT2D eigenvalue weighted by molar-refractivity contribution is 0.448. The van der Waals surface area contributed by atoms with Gasteiger partial charge >= 0.3 is 0 Å². The van der Waals surface area contributed by atoms with Crippen molar-refractivity contribution in [1.82, 2.24) is 0 Å². The molecule has 0 aromatic heterocycles. The predicted molar refractivity (Wildman–Crippen MR) is 76.3 cm³/mol. The van der Waals surface area contributed by atoms with Crippen LogP contribution in [0.2, 0.25) is 0 Å². The second-order valence-corrected chi connectivity index (χ2v) is 4.57. The topological polar surface area (TPSA) is 32.6 Å². The minimum Gasteiger partial charge on any atom is -0.506 e. The van der Waals surface area contributed by atoms with Crippen LogP contribution in [0.3, 0.4) is 0 Å². The molecule has 2 aromatic rings. The number of rotatable bonds is 3. The van der Waals surface area contributed by atoms with Crippen molar-refractivity contribution in [3.05, 3.63) is 65.2 Å². The molecule has 0 spiro atoms. The van der Waals surface area contributed by atoms with E-state index in [1.54, 1.807) is 0 Å². The third-order valence-corrected chi connectivity index (χ3v) is 2.94. The highest BCUT2D eigenvalue weighted by Crippen LogP contribution is 2.29. The van der Waals surface area contributed by atoms with Gasteiger partial charge in [-0.1, -0.05) is 18.7 Å². The molecule has 0 bridgehead atoms. The van der Waals surface area contributed by atoms with Crippen LogP contribution in [0.5, 0.6) is 5.75 Å². The van der Waals surface area contributed by atoms with Gasteiger partial charge in [-0.2, -0.15) is 0 Å². The Morgan fingerprint density at radius 2 is 1.59 bits per heavy atom. The predicted octanol–water partition coefficient (Wildman–Crippen LogP) is 4.73. The molecule has 0 unspecified atom stereocenters. The second-order valence-electron chi connectivity index (χ2n) is 4.57. The van der Waals surface area contributed by atoms with Gasteiger partial charge in [-0.15, -0.1) is 0 Å². The van der Waals surface area contributed by atoms with Gasteiger partial charge in [-0.05, 0) is 24.6 Å². The van der Waals surface area contributed by atoms with Gasteiger partial charge in [0.15, 0.2) is 23.3 Å². The number of allylic oxidation sites excluding steroid dienone is 1. The van der Waals surface area contributed by atoms with Gasteiger partial charge in [0, 0.05) is 6.21 Å². The summed E-state index contributed by atoms with van der Waals surface area (Å²) < 4.78 is 55.4. The molecule has 2 nitrogen and oxygen atoms in total. The van der Waals surface area contributed by atoms with Crippen molar-refractivity contribution in [2.45, 2.75) is 6.92 Å². The van der Waals surface area contributed by atoms with E-state index >= 15 is 0 Å². The lowest BCUT2D eigenvalue weighted by Gasteiger charge is -2.09. The third-order valence-electron chi connectivity index (χ3n) is 2.94. The molecule has 6 heteroatoms. The summed E-state index contributed by atoms with van der Waals surface area (Å²) in [6.45, 7) is 4.52. The highest BCUT2D eigenvalue weighted by Gasteiger charge is 2.24. The van der Waals surface area contributed by atoms with Gasteiger partial charge in [-0.3, -0.25) is 4.99 Å². The number of halogens is 4. The van der Waals surface area contributed by atoms with Gasteiger partial charge in [0.25, 0.3) is 0 Å². The minimum absolute atomic E-state index is 0.00564. The second kappa shape index (κ2) is 6.01. The first-order chi connectivity index (χ1) is 10.3.